The number of amides is 1. The normalized spacial score (nSPS) is 10.6. The Balaban J connectivity index is 2.07. The first kappa shape index (κ1) is 13.8. The van der Waals surface area contributed by atoms with E-state index in [2.05, 4.69) is 10.3 Å². The number of para-hydroxylation sites is 4. The van der Waals surface area contributed by atoms with Crippen molar-refractivity contribution in [3.8, 4) is 5.75 Å². The van der Waals surface area contributed by atoms with Crippen LogP contribution in [0.2, 0.25) is 0 Å². The van der Waals surface area contributed by atoms with Crippen LogP contribution in [-0.4, -0.2) is 20.6 Å². The lowest BCUT2D eigenvalue weighted by molar-refractivity contribution is 0.102. The monoisotopic (exact) mass is 295 g/mol. The highest BCUT2D eigenvalue weighted by Crippen LogP contribution is 2.21. The van der Waals surface area contributed by atoms with E-state index in [-0.39, 0.29) is 17.1 Å². The molecule has 0 fully saturated rings. The second-order valence-corrected chi connectivity index (χ2v) is 4.78. The van der Waals surface area contributed by atoms with Crippen LogP contribution in [0.3, 0.4) is 0 Å². The molecule has 0 unspecified atom stereocenters. The number of benzene rings is 2. The van der Waals surface area contributed by atoms with Gasteiger partial charge < -0.3 is 15.0 Å². The molecule has 1 heterocycles. The summed E-state index contributed by atoms with van der Waals surface area (Å²) in [4.78, 5) is 28.7. The summed E-state index contributed by atoms with van der Waals surface area (Å²) in [6, 6.07) is 13.4. The molecule has 0 saturated carbocycles. The van der Waals surface area contributed by atoms with Gasteiger partial charge in [0.1, 0.15) is 5.75 Å². The average Bonchev–Trinajstić information content (AvgIpc) is 2.53. The van der Waals surface area contributed by atoms with Gasteiger partial charge in [0.15, 0.2) is 5.69 Å². The number of aryl methyl sites for hydroxylation is 1. The number of nitrogens with one attached hydrogen (secondary N) is 1. The maximum absolute atomic E-state index is 12.3. The van der Waals surface area contributed by atoms with Gasteiger partial charge in [-0.15, -0.1) is 0 Å². The van der Waals surface area contributed by atoms with Crippen LogP contribution in [0.4, 0.5) is 5.69 Å². The number of nitrogens with zero attached hydrogens (tertiary/aromatic N) is 2. The second-order valence-electron chi connectivity index (χ2n) is 4.78. The number of aromatic hydroxyl groups is 1. The zero-order valence-corrected chi connectivity index (χ0v) is 11.8. The van der Waals surface area contributed by atoms with Crippen LogP contribution in [0.1, 0.15) is 10.5 Å². The largest absolute Gasteiger partial charge is 0.506 e. The van der Waals surface area contributed by atoms with Gasteiger partial charge in [-0.25, -0.2) is 4.98 Å². The van der Waals surface area contributed by atoms with E-state index in [1.807, 2.05) is 0 Å². The third-order valence-corrected chi connectivity index (χ3v) is 3.35. The molecule has 22 heavy (non-hydrogen) atoms. The van der Waals surface area contributed by atoms with Gasteiger partial charge in [0, 0.05) is 7.05 Å². The number of phenols is 1. The summed E-state index contributed by atoms with van der Waals surface area (Å²) >= 11 is 0. The number of fused-ring (bicyclic) bond motifs is 1. The lowest BCUT2D eigenvalue weighted by atomic mass is 10.2. The van der Waals surface area contributed by atoms with Gasteiger partial charge in [0.25, 0.3) is 11.5 Å². The van der Waals surface area contributed by atoms with Gasteiger partial charge in [-0.1, -0.05) is 24.3 Å². The molecule has 110 valence electrons. The predicted molar refractivity (Wildman–Crippen MR) is 83.0 cm³/mol. The summed E-state index contributed by atoms with van der Waals surface area (Å²) in [6.45, 7) is 0. The quantitative estimate of drug-likeness (QED) is 0.707. The molecule has 6 nitrogen and oxygen atoms in total. The van der Waals surface area contributed by atoms with Crippen molar-refractivity contribution in [2.45, 2.75) is 0 Å². The Morgan fingerprint density at radius 1 is 1.14 bits per heavy atom. The van der Waals surface area contributed by atoms with Crippen LogP contribution in [0.15, 0.2) is 53.3 Å². The first-order chi connectivity index (χ1) is 10.6. The minimum Gasteiger partial charge on any atom is -0.506 e. The number of aromatic nitrogens is 2. The summed E-state index contributed by atoms with van der Waals surface area (Å²) in [5.74, 6) is -0.735. The van der Waals surface area contributed by atoms with Crippen LogP contribution >= 0.6 is 0 Å². The first-order valence-corrected chi connectivity index (χ1v) is 6.63. The maximum atomic E-state index is 12.3. The van der Waals surface area contributed by atoms with Gasteiger partial charge in [0.05, 0.1) is 16.7 Å². The second kappa shape index (κ2) is 5.33. The highest BCUT2D eigenvalue weighted by molar-refractivity contribution is 6.04. The van der Waals surface area contributed by atoms with Crippen molar-refractivity contribution in [2.24, 2.45) is 7.05 Å². The van der Waals surface area contributed by atoms with E-state index < -0.39 is 11.5 Å². The van der Waals surface area contributed by atoms with Crippen LogP contribution in [0.5, 0.6) is 5.75 Å². The van der Waals surface area contributed by atoms with Crippen LogP contribution in [0.25, 0.3) is 11.0 Å². The Labute approximate surface area is 125 Å². The fraction of sp³-hybridized carbons (Fsp3) is 0.0625. The Morgan fingerprint density at radius 2 is 1.82 bits per heavy atom. The number of hydrogen-bond acceptors (Lipinski definition) is 4. The fourth-order valence-electron chi connectivity index (χ4n) is 2.19. The summed E-state index contributed by atoms with van der Waals surface area (Å²) in [7, 11) is 1.59. The summed E-state index contributed by atoms with van der Waals surface area (Å²) < 4.78 is 1.38. The lowest BCUT2D eigenvalue weighted by Crippen LogP contribution is -2.29. The van der Waals surface area contributed by atoms with Crippen molar-refractivity contribution in [1.29, 1.82) is 0 Å². The van der Waals surface area contributed by atoms with Crippen molar-refractivity contribution < 1.29 is 9.90 Å². The smallest absolute Gasteiger partial charge is 0.282 e. The van der Waals surface area contributed by atoms with Gasteiger partial charge >= 0.3 is 0 Å². The van der Waals surface area contributed by atoms with Crippen LogP contribution in [-0.2, 0) is 7.05 Å². The summed E-state index contributed by atoms with van der Waals surface area (Å²) in [5.41, 5.74) is 0.708. The van der Waals surface area contributed by atoms with Crippen LogP contribution in [0, 0.1) is 0 Å². The topological polar surface area (TPSA) is 84.2 Å². The van der Waals surface area contributed by atoms with Crippen molar-refractivity contribution in [1.82, 2.24) is 9.55 Å². The van der Waals surface area contributed by atoms with Gasteiger partial charge in [-0.2, -0.15) is 0 Å². The number of carbonyl (C=O) groups is 1. The third kappa shape index (κ3) is 2.31. The van der Waals surface area contributed by atoms with Crippen LogP contribution < -0.4 is 10.9 Å². The van der Waals surface area contributed by atoms with Gasteiger partial charge in [0.2, 0.25) is 0 Å². The molecule has 0 radical (unpaired) electrons. The van der Waals surface area contributed by atoms with Crippen molar-refractivity contribution in [3.05, 3.63) is 64.6 Å². The SMILES string of the molecule is Cn1c(=O)c(C(=O)Nc2ccccc2O)nc2ccccc21. The molecule has 2 N–H and O–H groups in total. The van der Waals surface area contributed by atoms with E-state index in [0.29, 0.717) is 11.0 Å². The molecular formula is C16H13N3O3. The van der Waals surface area contributed by atoms with Crippen molar-refractivity contribution in [3.63, 3.8) is 0 Å². The van der Waals surface area contributed by atoms with Crippen molar-refractivity contribution in [2.75, 3.05) is 5.32 Å². The molecule has 0 aliphatic carbocycles. The van der Waals surface area contributed by atoms with Gasteiger partial charge in [-0.3, -0.25) is 9.59 Å². The molecule has 3 aromatic rings. The molecule has 0 aliphatic rings. The molecule has 2 aromatic carbocycles. The predicted octanol–water partition coefficient (Wildman–Crippen LogP) is 1.89. The molecule has 1 aromatic heterocycles. The van der Waals surface area contributed by atoms with E-state index in [0.717, 1.165) is 0 Å². The third-order valence-electron chi connectivity index (χ3n) is 3.35. The van der Waals surface area contributed by atoms with E-state index >= 15 is 0 Å². The Morgan fingerprint density at radius 3 is 2.59 bits per heavy atom. The molecule has 3 rings (SSSR count). The lowest BCUT2D eigenvalue weighted by Gasteiger charge is -2.09. The van der Waals surface area contributed by atoms with Gasteiger partial charge in [-0.05, 0) is 24.3 Å². The maximum Gasteiger partial charge on any atom is 0.282 e. The zero-order chi connectivity index (χ0) is 15.7. The van der Waals surface area contributed by atoms with E-state index in [4.69, 9.17) is 0 Å². The molecule has 0 atom stereocenters. The molecular weight excluding hydrogens is 282 g/mol. The fourth-order valence-corrected chi connectivity index (χ4v) is 2.19. The van der Waals surface area contributed by atoms with E-state index in [1.54, 1.807) is 49.5 Å². The van der Waals surface area contributed by atoms with E-state index in [9.17, 15) is 14.7 Å². The van der Waals surface area contributed by atoms with E-state index in [1.165, 1.54) is 10.6 Å². The zero-order valence-electron chi connectivity index (χ0n) is 11.8. The number of hydrogen-bond donors (Lipinski definition) is 2. The minimum atomic E-state index is -0.659. The van der Waals surface area contributed by atoms with Crippen molar-refractivity contribution >= 4 is 22.6 Å². The molecule has 6 heteroatoms. The highest BCUT2D eigenvalue weighted by atomic mass is 16.3. The molecule has 0 aliphatic heterocycles. The Kier molecular flexibility index (Phi) is 3.34. The molecule has 0 saturated heterocycles. The Hall–Kier alpha value is -3.15. The average molecular weight is 295 g/mol. The molecule has 0 spiro atoms. The number of anilines is 1. The number of carbonyl (C=O) groups excluding carboxylic acids is 1. The first-order valence-electron chi connectivity index (χ1n) is 6.63. The highest BCUT2D eigenvalue weighted by Gasteiger charge is 2.17. The standard InChI is InChI=1S/C16H13N3O3/c1-19-12-8-4-2-6-10(12)17-14(16(19)22)15(21)18-11-7-3-5-9-13(11)20/h2-9,20H,1H3,(H,18,21). The molecule has 1 amide bonds. The molecule has 0 bridgehead atoms. The number of phenolic OH excluding ortho intramolecular Hbond substituents is 1. The number of rotatable bonds is 2. The summed E-state index contributed by atoms with van der Waals surface area (Å²) in [5, 5.41) is 12.2. The Bertz CT molecular complexity index is 931. The summed E-state index contributed by atoms with van der Waals surface area (Å²) in [6.07, 6.45) is 0. The minimum absolute atomic E-state index is 0.0755.